The van der Waals surface area contributed by atoms with Gasteiger partial charge in [0.05, 0.1) is 12.2 Å². The minimum absolute atomic E-state index is 0.0539. The Balaban J connectivity index is 2.68. The van der Waals surface area contributed by atoms with Crippen LogP contribution in [-0.2, 0) is 18.4 Å². The third-order valence-corrected chi connectivity index (χ3v) is 3.24. The number of hydrogen-bond donors (Lipinski definition) is 2. The lowest BCUT2D eigenvalue weighted by Crippen LogP contribution is -2.26. The van der Waals surface area contributed by atoms with E-state index < -0.39 is 5.43 Å². The summed E-state index contributed by atoms with van der Waals surface area (Å²) in [6.07, 6.45) is 3.44. The lowest BCUT2D eigenvalue weighted by atomic mass is 10.2. The predicted octanol–water partition coefficient (Wildman–Crippen LogP) is 1.60. The number of hydrogen-bond acceptors (Lipinski definition) is 3. The molecule has 1 amide bonds. The Morgan fingerprint density at radius 1 is 1.42 bits per heavy atom. The number of aryl methyl sites for hydroxylation is 1. The maximum Gasteiger partial charge on any atom is 0.223 e. The van der Waals surface area contributed by atoms with Gasteiger partial charge in [0.2, 0.25) is 11.3 Å². The van der Waals surface area contributed by atoms with Gasteiger partial charge in [-0.1, -0.05) is 19.8 Å². The van der Waals surface area contributed by atoms with Crippen molar-refractivity contribution >= 4 is 5.91 Å². The van der Waals surface area contributed by atoms with Gasteiger partial charge in [-0.2, -0.15) is 0 Å². The fourth-order valence-electron chi connectivity index (χ4n) is 1.88. The van der Waals surface area contributed by atoms with Crippen molar-refractivity contribution in [1.82, 2.24) is 9.88 Å². The van der Waals surface area contributed by atoms with E-state index in [0.29, 0.717) is 12.1 Å². The largest absolute Gasteiger partial charge is 0.503 e. The Morgan fingerprint density at radius 2 is 2.11 bits per heavy atom. The molecule has 106 valence electrons. The molecule has 1 heterocycles. The first kappa shape index (κ1) is 15.3. The van der Waals surface area contributed by atoms with E-state index in [9.17, 15) is 14.7 Å². The zero-order chi connectivity index (χ0) is 14.4. The van der Waals surface area contributed by atoms with E-state index in [-0.39, 0.29) is 18.2 Å². The summed E-state index contributed by atoms with van der Waals surface area (Å²) in [4.78, 5) is 23.1. The molecule has 0 aliphatic heterocycles. The first-order chi connectivity index (χ1) is 8.97. The highest BCUT2D eigenvalue weighted by Crippen LogP contribution is 2.12. The molecule has 0 spiro atoms. The molecule has 0 atom stereocenters. The zero-order valence-electron chi connectivity index (χ0n) is 11.8. The van der Waals surface area contributed by atoms with E-state index in [0.717, 1.165) is 25.0 Å². The smallest absolute Gasteiger partial charge is 0.223 e. The predicted molar refractivity (Wildman–Crippen MR) is 74.1 cm³/mol. The Kier molecular flexibility index (Phi) is 5.60. The molecule has 0 radical (unpaired) electrons. The molecule has 0 aliphatic rings. The average molecular weight is 266 g/mol. The first-order valence-electron chi connectivity index (χ1n) is 6.62. The number of amides is 1. The van der Waals surface area contributed by atoms with Crippen LogP contribution in [0.25, 0.3) is 0 Å². The lowest BCUT2D eigenvalue weighted by molar-refractivity contribution is -0.121. The second kappa shape index (κ2) is 6.97. The van der Waals surface area contributed by atoms with Crippen LogP contribution >= 0.6 is 0 Å². The Hall–Kier alpha value is -1.78. The van der Waals surface area contributed by atoms with Crippen LogP contribution in [0.5, 0.6) is 5.75 Å². The number of carbonyl (C=O) groups is 1. The summed E-state index contributed by atoms with van der Waals surface area (Å²) < 4.78 is 1.71. The normalized spacial score (nSPS) is 10.5. The van der Waals surface area contributed by atoms with Gasteiger partial charge in [0.1, 0.15) is 0 Å². The Morgan fingerprint density at radius 3 is 2.74 bits per heavy atom. The van der Waals surface area contributed by atoms with E-state index in [1.54, 1.807) is 18.5 Å². The number of aromatic nitrogens is 1. The molecule has 0 bridgehead atoms. The summed E-state index contributed by atoms with van der Waals surface area (Å²) in [5, 5.41) is 12.5. The number of unbranched alkanes of at least 4 members (excludes halogenated alkanes) is 2. The minimum atomic E-state index is -0.411. The van der Waals surface area contributed by atoms with E-state index in [4.69, 9.17) is 0 Å². The Bertz CT molecular complexity index is 506. The van der Waals surface area contributed by atoms with Crippen LogP contribution in [0.4, 0.5) is 0 Å². The molecule has 0 aromatic carbocycles. The highest BCUT2D eigenvalue weighted by Gasteiger charge is 2.11. The molecule has 0 fully saturated rings. The third kappa shape index (κ3) is 4.12. The van der Waals surface area contributed by atoms with Crippen molar-refractivity contribution in [1.29, 1.82) is 0 Å². The molecule has 1 rings (SSSR count). The van der Waals surface area contributed by atoms with Crippen LogP contribution in [-0.4, -0.2) is 15.6 Å². The molecule has 1 aromatic rings. The Labute approximate surface area is 113 Å². The van der Waals surface area contributed by atoms with Crippen molar-refractivity contribution in [3.63, 3.8) is 0 Å². The van der Waals surface area contributed by atoms with E-state index >= 15 is 0 Å². The van der Waals surface area contributed by atoms with Crippen LogP contribution in [0.15, 0.2) is 10.9 Å². The molecule has 2 N–H and O–H groups in total. The van der Waals surface area contributed by atoms with Gasteiger partial charge in [-0.3, -0.25) is 9.59 Å². The van der Waals surface area contributed by atoms with E-state index in [1.165, 1.54) is 6.07 Å². The summed E-state index contributed by atoms with van der Waals surface area (Å²) in [6, 6.07) is 1.38. The van der Waals surface area contributed by atoms with Gasteiger partial charge in [-0.25, -0.2) is 0 Å². The summed E-state index contributed by atoms with van der Waals surface area (Å²) >= 11 is 0. The molecule has 0 unspecified atom stereocenters. The van der Waals surface area contributed by atoms with Crippen molar-refractivity contribution in [3.05, 3.63) is 27.7 Å². The number of aromatic hydroxyl groups is 1. The number of nitrogens with zero attached hydrogens (tertiary/aromatic N) is 1. The van der Waals surface area contributed by atoms with Crippen molar-refractivity contribution in [2.75, 3.05) is 0 Å². The molecule has 0 saturated carbocycles. The van der Waals surface area contributed by atoms with Crippen LogP contribution in [0, 0.1) is 6.92 Å². The average Bonchev–Trinajstić information content (AvgIpc) is 2.37. The van der Waals surface area contributed by atoms with Gasteiger partial charge in [-0.15, -0.1) is 0 Å². The van der Waals surface area contributed by atoms with Crippen molar-refractivity contribution in [2.24, 2.45) is 7.05 Å². The van der Waals surface area contributed by atoms with Gasteiger partial charge in [0, 0.05) is 25.2 Å². The van der Waals surface area contributed by atoms with Gasteiger partial charge in [-0.05, 0) is 13.3 Å². The van der Waals surface area contributed by atoms with Crippen molar-refractivity contribution < 1.29 is 9.90 Å². The number of carbonyl (C=O) groups excluding carboxylic acids is 1. The standard InChI is InChI=1S/C14H22N2O3/c1-4-5-6-7-13(18)15-9-11-14(19)12(17)8-10(2)16(11)3/h8,19H,4-7,9H2,1-3H3,(H,15,18). The quantitative estimate of drug-likeness (QED) is 0.768. The second-order valence-corrected chi connectivity index (χ2v) is 4.74. The molecule has 0 aliphatic carbocycles. The lowest BCUT2D eigenvalue weighted by Gasteiger charge is -2.14. The summed E-state index contributed by atoms with van der Waals surface area (Å²) in [5.41, 5.74) is 0.776. The van der Waals surface area contributed by atoms with Crippen LogP contribution in [0.1, 0.15) is 44.0 Å². The summed E-state index contributed by atoms with van der Waals surface area (Å²) in [7, 11) is 1.76. The second-order valence-electron chi connectivity index (χ2n) is 4.74. The van der Waals surface area contributed by atoms with Crippen molar-refractivity contribution in [3.8, 4) is 5.75 Å². The molecule has 1 aromatic heterocycles. The van der Waals surface area contributed by atoms with E-state index in [1.807, 2.05) is 0 Å². The number of rotatable bonds is 6. The monoisotopic (exact) mass is 266 g/mol. The molecule has 19 heavy (non-hydrogen) atoms. The fourth-order valence-corrected chi connectivity index (χ4v) is 1.88. The third-order valence-electron chi connectivity index (χ3n) is 3.24. The number of pyridine rings is 1. The summed E-state index contributed by atoms with van der Waals surface area (Å²) in [6.45, 7) is 4.04. The van der Waals surface area contributed by atoms with Gasteiger partial charge in [0.15, 0.2) is 5.75 Å². The summed E-state index contributed by atoms with van der Waals surface area (Å²) in [5.74, 6) is -0.344. The van der Waals surface area contributed by atoms with Gasteiger partial charge < -0.3 is 15.0 Å². The maximum atomic E-state index is 11.6. The molecular weight excluding hydrogens is 244 g/mol. The van der Waals surface area contributed by atoms with Crippen LogP contribution in [0.3, 0.4) is 0 Å². The zero-order valence-corrected chi connectivity index (χ0v) is 11.8. The SMILES string of the molecule is CCCCCC(=O)NCc1c(O)c(=O)cc(C)n1C. The van der Waals surface area contributed by atoms with E-state index in [2.05, 4.69) is 12.2 Å². The first-order valence-corrected chi connectivity index (χ1v) is 6.62. The van der Waals surface area contributed by atoms with Crippen LogP contribution in [0.2, 0.25) is 0 Å². The fraction of sp³-hybridized carbons (Fsp3) is 0.571. The molecule has 0 saturated heterocycles. The molecule has 5 nitrogen and oxygen atoms in total. The van der Waals surface area contributed by atoms with Gasteiger partial charge in [0.25, 0.3) is 0 Å². The molecular formula is C14H22N2O3. The van der Waals surface area contributed by atoms with Crippen LogP contribution < -0.4 is 10.7 Å². The van der Waals surface area contributed by atoms with Crippen molar-refractivity contribution in [2.45, 2.75) is 46.1 Å². The van der Waals surface area contributed by atoms with Gasteiger partial charge >= 0.3 is 0 Å². The number of nitrogens with one attached hydrogen (secondary N) is 1. The highest BCUT2D eigenvalue weighted by atomic mass is 16.3. The minimum Gasteiger partial charge on any atom is -0.503 e. The molecule has 5 heteroatoms. The maximum absolute atomic E-state index is 11.6. The highest BCUT2D eigenvalue weighted by molar-refractivity contribution is 5.75. The topological polar surface area (TPSA) is 71.3 Å².